The van der Waals surface area contributed by atoms with Crippen molar-refractivity contribution in [3.8, 4) is 11.5 Å². The third-order valence-corrected chi connectivity index (χ3v) is 2.27. The molecular weight excluding hydrogens is 275 g/mol. The summed E-state index contributed by atoms with van der Waals surface area (Å²) in [4.78, 5) is 15.2. The molecule has 5 nitrogen and oxygen atoms in total. The van der Waals surface area contributed by atoms with E-state index in [2.05, 4.69) is 10.3 Å². The number of alkyl halides is 3. The molecule has 106 valence electrons. The number of oxazole rings is 1. The number of hydrogen-bond donors (Lipinski definition) is 2. The Morgan fingerprint density at radius 3 is 2.50 bits per heavy atom. The topological polar surface area (TPSA) is 67.2 Å². The first-order chi connectivity index (χ1) is 9.44. The molecule has 0 bridgehead atoms. The number of hydrogen-bond acceptors (Lipinski definition) is 3. The highest BCUT2D eigenvalue weighted by molar-refractivity contribution is 5.89. The number of halogens is 3. The van der Waals surface area contributed by atoms with E-state index in [9.17, 15) is 18.0 Å². The molecule has 2 rings (SSSR count). The molecule has 0 saturated heterocycles. The van der Waals surface area contributed by atoms with E-state index in [1.165, 1.54) is 24.6 Å². The number of carbonyl (C=O) groups is 1. The molecule has 0 fully saturated rings. The number of urea groups is 1. The van der Waals surface area contributed by atoms with Gasteiger partial charge in [0.05, 0.1) is 6.20 Å². The Labute approximate surface area is 111 Å². The van der Waals surface area contributed by atoms with Gasteiger partial charge in [0.25, 0.3) is 0 Å². The van der Waals surface area contributed by atoms with Gasteiger partial charge >= 0.3 is 12.2 Å². The van der Waals surface area contributed by atoms with Crippen LogP contribution in [-0.2, 0) is 0 Å². The van der Waals surface area contributed by atoms with Crippen LogP contribution in [0, 0.1) is 0 Å². The lowest BCUT2D eigenvalue weighted by molar-refractivity contribution is -0.122. The number of amides is 2. The van der Waals surface area contributed by atoms with Gasteiger partial charge in [0.1, 0.15) is 12.8 Å². The van der Waals surface area contributed by atoms with Crippen molar-refractivity contribution < 1.29 is 22.4 Å². The summed E-state index contributed by atoms with van der Waals surface area (Å²) in [6, 6.07) is 5.40. The molecule has 0 aliphatic heterocycles. The molecule has 1 aromatic carbocycles. The number of nitrogens with zero attached hydrogens (tertiary/aromatic N) is 1. The molecule has 2 amide bonds. The molecule has 0 atom stereocenters. The maximum Gasteiger partial charge on any atom is 0.405 e. The zero-order valence-electron chi connectivity index (χ0n) is 10.1. The maximum absolute atomic E-state index is 11.9. The number of nitrogens with one attached hydrogen (secondary N) is 2. The highest BCUT2D eigenvalue weighted by atomic mass is 19.4. The van der Waals surface area contributed by atoms with E-state index >= 15 is 0 Å². The average molecular weight is 285 g/mol. The van der Waals surface area contributed by atoms with E-state index in [-0.39, 0.29) is 0 Å². The van der Waals surface area contributed by atoms with Crippen LogP contribution in [0.15, 0.2) is 41.1 Å². The first-order valence-corrected chi connectivity index (χ1v) is 5.55. The summed E-state index contributed by atoms with van der Waals surface area (Å²) in [5.41, 5.74) is 1.05. The molecule has 0 spiro atoms. The lowest BCUT2D eigenvalue weighted by atomic mass is 10.2. The number of rotatable bonds is 3. The van der Waals surface area contributed by atoms with Gasteiger partial charge in [0.15, 0.2) is 0 Å². The summed E-state index contributed by atoms with van der Waals surface area (Å²) in [5.74, 6) is 0.415. The monoisotopic (exact) mass is 285 g/mol. The third-order valence-electron chi connectivity index (χ3n) is 2.27. The van der Waals surface area contributed by atoms with E-state index in [0.29, 0.717) is 17.1 Å². The summed E-state index contributed by atoms with van der Waals surface area (Å²) >= 11 is 0. The summed E-state index contributed by atoms with van der Waals surface area (Å²) in [6.07, 6.45) is -1.52. The molecule has 0 unspecified atom stereocenters. The Kier molecular flexibility index (Phi) is 3.92. The van der Waals surface area contributed by atoms with Crippen LogP contribution in [0.2, 0.25) is 0 Å². The van der Waals surface area contributed by atoms with Crippen LogP contribution in [0.4, 0.5) is 23.7 Å². The second-order valence-corrected chi connectivity index (χ2v) is 3.84. The first-order valence-electron chi connectivity index (χ1n) is 5.55. The number of anilines is 1. The molecule has 2 aromatic rings. The van der Waals surface area contributed by atoms with Gasteiger partial charge in [-0.1, -0.05) is 0 Å². The fourth-order valence-electron chi connectivity index (χ4n) is 1.42. The van der Waals surface area contributed by atoms with Crippen molar-refractivity contribution in [3.63, 3.8) is 0 Å². The standard InChI is InChI=1S/C12H10F3N3O2/c13-12(14,15)7-17-11(19)18-9-3-1-8(2-4-9)10-16-5-6-20-10/h1-6H,7H2,(H2,17,18,19). The Morgan fingerprint density at radius 2 is 1.95 bits per heavy atom. The van der Waals surface area contributed by atoms with E-state index in [4.69, 9.17) is 4.42 Å². The molecule has 8 heteroatoms. The van der Waals surface area contributed by atoms with Crippen LogP contribution in [0.25, 0.3) is 11.5 Å². The summed E-state index contributed by atoms with van der Waals surface area (Å²) in [7, 11) is 0. The van der Waals surface area contributed by atoms with Crippen molar-refractivity contribution >= 4 is 11.7 Å². The van der Waals surface area contributed by atoms with Gasteiger partial charge in [0.2, 0.25) is 5.89 Å². The minimum atomic E-state index is -4.44. The lowest BCUT2D eigenvalue weighted by Gasteiger charge is -2.09. The van der Waals surface area contributed by atoms with Gasteiger partial charge < -0.3 is 15.1 Å². The van der Waals surface area contributed by atoms with Crippen LogP contribution in [-0.4, -0.2) is 23.7 Å². The van der Waals surface area contributed by atoms with E-state index in [1.807, 2.05) is 0 Å². The van der Waals surface area contributed by atoms with Crippen LogP contribution >= 0.6 is 0 Å². The minimum absolute atomic E-state index is 0.361. The summed E-state index contributed by atoms with van der Waals surface area (Å²) in [5, 5.41) is 3.99. The lowest BCUT2D eigenvalue weighted by Crippen LogP contribution is -2.36. The minimum Gasteiger partial charge on any atom is -0.445 e. The Hall–Kier alpha value is -2.51. The number of aromatic nitrogens is 1. The molecule has 0 radical (unpaired) electrons. The second kappa shape index (κ2) is 5.64. The van der Waals surface area contributed by atoms with Crippen LogP contribution < -0.4 is 10.6 Å². The Morgan fingerprint density at radius 1 is 1.25 bits per heavy atom. The van der Waals surface area contributed by atoms with Crippen molar-refractivity contribution in [2.75, 3.05) is 11.9 Å². The second-order valence-electron chi connectivity index (χ2n) is 3.84. The van der Waals surface area contributed by atoms with Gasteiger partial charge in [-0.05, 0) is 24.3 Å². The van der Waals surface area contributed by atoms with Gasteiger partial charge in [-0.15, -0.1) is 0 Å². The molecule has 2 N–H and O–H groups in total. The summed E-state index contributed by atoms with van der Waals surface area (Å²) in [6.45, 7) is -1.38. The largest absolute Gasteiger partial charge is 0.445 e. The molecule has 0 aliphatic rings. The zero-order chi connectivity index (χ0) is 14.6. The molecule has 1 aromatic heterocycles. The van der Waals surface area contributed by atoms with E-state index < -0.39 is 18.8 Å². The van der Waals surface area contributed by atoms with Crippen LogP contribution in [0.1, 0.15) is 0 Å². The Balaban J connectivity index is 1.92. The molecule has 20 heavy (non-hydrogen) atoms. The quantitative estimate of drug-likeness (QED) is 0.910. The number of carbonyl (C=O) groups excluding carboxylic acids is 1. The van der Waals surface area contributed by atoms with Crippen molar-refractivity contribution in [2.45, 2.75) is 6.18 Å². The van der Waals surface area contributed by atoms with Crippen molar-refractivity contribution in [3.05, 3.63) is 36.7 Å². The maximum atomic E-state index is 11.9. The average Bonchev–Trinajstić information content (AvgIpc) is 2.90. The first kappa shape index (κ1) is 13.9. The van der Waals surface area contributed by atoms with Gasteiger partial charge in [-0.25, -0.2) is 9.78 Å². The zero-order valence-corrected chi connectivity index (χ0v) is 10.1. The highest BCUT2D eigenvalue weighted by Crippen LogP contribution is 2.19. The SMILES string of the molecule is O=C(NCC(F)(F)F)Nc1ccc(-c2ncco2)cc1. The third kappa shape index (κ3) is 4.01. The number of benzene rings is 1. The molecule has 0 saturated carbocycles. The van der Waals surface area contributed by atoms with E-state index in [0.717, 1.165) is 0 Å². The van der Waals surface area contributed by atoms with Crippen molar-refractivity contribution in [1.29, 1.82) is 0 Å². The normalized spacial score (nSPS) is 11.2. The fourth-order valence-corrected chi connectivity index (χ4v) is 1.42. The predicted molar refractivity (Wildman–Crippen MR) is 65.0 cm³/mol. The molecule has 0 aliphatic carbocycles. The van der Waals surface area contributed by atoms with E-state index in [1.54, 1.807) is 17.4 Å². The summed E-state index contributed by atoms with van der Waals surface area (Å²) < 4.78 is 40.8. The van der Waals surface area contributed by atoms with Crippen LogP contribution in [0.5, 0.6) is 0 Å². The fraction of sp³-hybridized carbons (Fsp3) is 0.167. The molecular formula is C12H10F3N3O2. The highest BCUT2D eigenvalue weighted by Gasteiger charge is 2.27. The smallest absolute Gasteiger partial charge is 0.405 e. The van der Waals surface area contributed by atoms with Crippen LogP contribution in [0.3, 0.4) is 0 Å². The molecule has 1 heterocycles. The van der Waals surface area contributed by atoms with Crippen molar-refractivity contribution in [1.82, 2.24) is 10.3 Å². The van der Waals surface area contributed by atoms with Gasteiger partial charge in [-0.2, -0.15) is 13.2 Å². The van der Waals surface area contributed by atoms with Gasteiger partial charge in [0, 0.05) is 11.3 Å². The predicted octanol–water partition coefficient (Wildman–Crippen LogP) is 3.03. The Bertz CT molecular complexity index is 565. The van der Waals surface area contributed by atoms with Gasteiger partial charge in [-0.3, -0.25) is 0 Å². The van der Waals surface area contributed by atoms with Crippen molar-refractivity contribution in [2.24, 2.45) is 0 Å².